The summed E-state index contributed by atoms with van der Waals surface area (Å²) in [6, 6.07) is 15.4. The van der Waals surface area contributed by atoms with Crippen LogP contribution < -0.4 is 4.90 Å². The highest BCUT2D eigenvalue weighted by atomic mass is 35.5. The summed E-state index contributed by atoms with van der Waals surface area (Å²) in [5, 5.41) is 9.52. The summed E-state index contributed by atoms with van der Waals surface area (Å²) in [6.45, 7) is 0.926. The molecule has 152 valence electrons. The first kappa shape index (κ1) is 19.1. The number of hydrogen-bond donors (Lipinski definition) is 0. The summed E-state index contributed by atoms with van der Waals surface area (Å²) in [4.78, 5) is 19.9. The number of carbonyl (C=O) groups is 1. The lowest BCUT2D eigenvalue weighted by Crippen LogP contribution is -2.50. The van der Waals surface area contributed by atoms with Crippen molar-refractivity contribution in [3.8, 4) is 6.07 Å². The maximum Gasteiger partial charge on any atom is 0.238 e. The van der Waals surface area contributed by atoms with Crippen molar-refractivity contribution in [2.75, 3.05) is 4.90 Å². The van der Waals surface area contributed by atoms with Gasteiger partial charge in [-0.05, 0) is 49.1 Å². The number of imidazole rings is 1. The van der Waals surface area contributed by atoms with Gasteiger partial charge in [0.1, 0.15) is 12.0 Å². The largest absolute Gasteiger partial charge is 0.326 e. The first-order valence-corrected chi connectivity index (χ1v) is 10.5. The predicted molar refractivity (Wildman–Crippen MR) is 113 cm³/mol. The Labute approximate surface area is 178 Å². The predicted octanol–water partition coefficient (Wildman–Crippen LogP) is 4.91. The number of alkyl halides is 1. The number of para-hydroxylation sites is 1. The number of amides is 1. The van der Waals surface area contributed by atoms with Crippen molar-refractivity contribution < 1.29 is 9.18 Å². The summed E-state index contributed by atoms with van der Waals surface area (Å²) in [5.74, 6) is 0.688. The molecular weight excluding hydrogens is 403 g/mol. The SMILES string of the molecule is N#CCCCn1c(CN2C(=O)C3(CC(F)C3)c3ccccc32)nc2cc(Cl)ccc21. The average molecular weight is 423 g/mol. The van der Waals surface area contributed by atoms with Gasteiger partial charge < -0.3 is 9.47 Å². The number of hydrogen-bond acceptors (Lipinski definition) is 3. The summed E-state index contributed by atoms with van der Waals surface area (Å²) >= 11 is 6.15. The van der Waals surface area contributed by atoms with E-state index in [2.05, 4.69) is 10.6 Å². The summed E-state index contributed by atoms with van der Waals surface area (Å²) < 4.78 is 15.9. The van der Waals surface area contributed by atoms with Gasteiger partial charge in [-0.2, -0.15) is 5.26 Å². The Morgan fingerprint density at radius 2 is 2.07 bits per heavy atom. The second-order valence-electron chi connectivity index (χ2n) is 8.07. The second-order valence-corrected chi connectivity index (χ2v) is 8.51. The van der Waals surface area contributed by atoms with E-state index in [1.807, 2.05) is 42.5 Å². The lowest BCUT2D eigenvalue weighted by Gasteiger charge is -2.39. The zero-order valence-electron chi connectivity index (χ0n) is 16.3. The number of anilines is 1. The second kappa shape index (κ2) is 7.10. The lowest BCUT2D eigenvalue weighted by atomic mass is 9.64. The van der Waals surface area contributed by atoms with Gasteiger partial charge in [-0.1, -0.05) is 29.8 Å². The maximum atomic E-state index is 13.8. The number of rotatable bonds is 5. The maximum absolute atomic E-state index is 13.8. The Hall–Kier alpha value is -2.91. The number of nitrogens with zero attached hydrogens (tertiary/aromatic N) is 4. The van der Waals surface area contributed by atoms with Gasteiger partial charge in [0, 0.05) is 23.7 Å². The lowest BCUT2D eigenvalue weighted by molar-refractivity contribution is -0.128. The molecule has 2 aliphatic rings. The highest BCUT2D eigenvalue weighted by Gasteiger charge is 2.58. The zero-order valence-corrected chi connectivity index (χ0v) is 17.1. The van der Waals surface area contributed by atoms with Crippen LogP contribution in [0.3, 0.4) is 0 Å². The molecule has 0 atom stereocenters. The van der Waals surface area contributed by atoms with Gasteiger partial charge in [0.25, 0.3) is 0 Å². The number of halogens is 2. The molecule has 0 N–H and O–H groups in total. The van der Waals surface area contributed by atoms with Gasteiger partial charge >= 0.3 is 0 Å². The third-order valence-corrected chi connectivity index (χ3v) is 6.50. The summed E-state index contributed by atoms with van der Waals surface area (Å²) in [7, 11) is 0. The minimum atomic E-state index is -0.931. The van der Waals surface area contributed by atoms with E-state index in [-0.39, 0.29) is 18.7 Å². The molecule has 2 heterocycles. The molecule has 1 fully saturated rings. The molecule has 1 spiro atoms. The molecular formula is C23H20ClFN4O. The van der Waals surface area contributed by atoms with Gasteiger partial charge in [-0.3, -0.25) is 4.79 Å². The zero-order chi connectivity index (χ0) is 20.9. The molecule has 0 unspecified atom stereocenters. The van der Waals surface area contributed by atoms with Gasteiger partial charge in [0.05, 0.1) is 29.1 Å². The molecule has 1 aliphatic carbocycles. The number of fused-ring (bicyclic) bond motifs is 3. The van der Waals surface area contributed by atoms with E-state index < -0.39 is 11.6 Å². The first-order chi connectivity index (χ1) is 14.5. The van der Waals surface area contributed by atoms with Crippen molar-refractivity contribution in [2.24, 2.45) is 0 Å². The first-order valence-electron chi connectivity index (χ1n) is 10.1. The molecule has 7 heteroatoms. The van der Waals surface area contributed by atoms with Crippen LogP contribution in [0.2, 0.25) is 5.02 Å². The fraction of sp³-hybridized carbons (Fsp3) is 0.348. The Balaban J connectivity index is 1.55. The number of aryl methyl sites for hydroxylation is 1. The Kier molecular flexibility index (Phi) is 4.52. The highest BCUT2D eigenvalue weighted by Crippen LogP contribution is 2.54. The van der Waals surface area contributed by atoms with Crippen molar-refractivity contribution in [1.29, 1.82) is 5.26 Å². The Bertz CT molecular complexity index is 1190. The quantitative estimate of drug-likeness (QED) is 0.549. The minimum Gasteiger partial charge on any atom is -0.326 e. The van der Waals surface area contributed by atoms with E-state index >= 15 is 0 Å². The van der Waals surface area contributed by atoms with Crippen LogP contribution in [0.25, 0.3) is 11.0 Å². The molecule has 5 rings (SSSR count). The number of nitriles is 1. The number of benzene rings is 2. The smallest absolute Gasteiger partial charge is 0.238 e. The highest BCUT2D eigenvalue weighted by molar-refractivity contribution is 6.31. The van der Waals surface area contributed by atoms with Crippen LogP contribution in [0.1, 0.15) is 37.1 Å². The average Bonchev–Trinajstić information content (AvgIpc) is 3.16. The van der Waals surface area contributed by atoms with Crippen molar-refractivity contribution in [1.82, 2.24) is 9.55 Å². The van der Waals surface area contributed by atoms with E-state index in [1.54, 1.807) is 4.90 Å². The molecule has 2 aromatic carbocycles. The van der Waals surface area contributed by atoms with Crippen LogP contribution in [0.4, 0.5) is 10.1 Å². The van der Waals surface area contributed by atoms with E-state index in [1.165, 1.54) is 0 Å². The number of unbranched alkanes of at least 4 members (excludes halogenated alkanes) is 1. The molecule has 3 aromatic rings. The molecule has 30 heavy (non-hydrogen) atoms. The van der Waals surface area contributed by atoms with Gasteiger partial charge in [-0.25, -0.2) is 9.37 Å². The number of aromatic nitrogens is 2. The third-order valence-electron chi connectivity index (χ3n) is 6.26. The molecule has 1 aromatic heterocycles. The topological polar surface area (TPSA) is 61.9 Å². The minimum absolute atomic E-state index is 0.0498. The fourth-order valence-corrected chi connectivity index (χ4v) is 4.99. The molecule has 1 aliphatic heterocycles. The van der Waals surface area contributed by atoms with E-state index in [9.17, 15) is 9.18 Å². The Morgan fingerprint density at radius 1 is 1.27 bits per heavy atom. The summed E-state index contributed by atoms with van der Waals surface area (Å²) in [5.41, 5.74) is 2.70. The molecule has 1 saturated carbocycles. The van der Waals surface area contributed by atoms with Gasteiger partial charge in [0.15, 0.2) is 0 Å². The van der Waals surface area contributed by atoms with Gasteiger partial charge in [-0.15, -0.1) is 0 Å². The van der Waals surface area contributed by atoms with E-state index in [4.69, 9.17) is 21.8 Å². The molecule has 0 radical (unpaired) electrons. The van der Waals surface area contributed by atoms with Gasteiger partial charge in [0.2, 0.25) is 5.91 Å². The number of carbonyl (C=O) groups excluding carboxylic acids is 1. The fourth-order valence-electron chi connectivity index (χ4n) is 4.83. The normalized spacial score (nSPS) is 22.4. The van der Waals surface area contributed by atoms with Crippen LogP contribution in [0, 0.1) is 11.3 Å². The van der Waals surface area contributed by atoms with Crippen LogP contribution in [-0.2, 0) is 23.3 Å². The van der Waals surface area contributed by atoms with Crippen molar-refractivity contribution in [3.05, 3.63) is 58.9 Å². The van der Waals surface area contributed by atoms with Crippen LogP contribution in [0.15, 0.2) is 42.5 Å². The molecule has 5 nitrogen and oxygen atoms in total. The molecule has 0 saturated heterocycles. The Morgan fingerprint density at radius 3 is 2.83 bits per heavy atom. The van der Waals surface area contributed by atoms with Crippen LogP contribution in [-0.4, -0.2) is 21.6 Å². The summed E-state index contributed by atoms with van der Waals surface area (Å²) in [6.07, 6.45) is 0.690. The van der Waals surface area contributed by atoms with Crippen molar-refractivity contribution >= 4 is 34.2 Å². The molecule has 1 amide bonds. The van der Waals surface area contributed by atoms with Crippen molar-refractivity contribution in [2.45, 2.75) is 50.4 Å². The van der Waals surface area contributed by atoms with Crippen LogP contribution >= 0.6 is 11.6 Å². The standard InChI is InChI=1S/C23H20ClFN4O/c24-15-7-8-20-18(11-15)27-21(28(20)10-4-3-9-26)14-29-19-6-2-1-5-17(19)23(22(29)30)12-16(25)13-23/h1-2,5-8,11,16H,3-4,10,12-14H2. The molecule has 0 bridgehead atoms. The monoisotopic (exact) mass is 422 g/mol. The third kappa shape index (κ3) is 2.80. The van der Waals surface area contributed by atoms with E-state index in [0.717, 1.165) is 28.1 Å². The van der Waals surface area contributed by atoms with E-state index in [0.29, 0.717) is 31.0 Å². The van der Waals surface area contributed by atoms with Crippen LogP contribution in [0.5, 0.6) is 0 Å². The van der Waals surface area contributed by atoms with Crippen molar-refractivity contribution in [3.63, 3.8) is 0 Å².